The number of carbonyl (C=O) groups is 1. The smallest absolute Gasteiger partial charge is 0.185 e. The number of hydrogen-bond donors (Lipinski definition) is 0. The van der Waals surface area contributed by atoms with Gasteiger partial charge in [0.2, 0.25) is 0 Å². The Bertz CT molecular complexity index is 722. The van der Waals surface area contributed by atoms with E-state index in [0.29, 0.717) is 5.56 Å². The lowest BCUT2D eigenvalue weighted by molar-refractivity contribution is -0.117. The first-order valence-electron chi connectivity index (χ1n) is 6.45. The van der Waals surface area contributed by atoms with Gasteiger partial charge in [-0.25, -0.2) is 8.42 Å². The predicted molar refractivity (Wildman–Crippen MR) is 85.8 cm³/mol. The van der Waals surface area contributed by atoms with Crippen LogP contribution in [0.4, 0.5) is 0 Å². The molecule has 2 aromatic rings. The van der Waals surface area contributed by atoms with Crippen molar-refractivity contribution in [2.24, 2.45) is 0 Å². The lowest BCUT2D eigenvalue weighted by Gasteiger charge is -2.17. The van der Waals surface area contributed by atoms with Gasteiger partial charge in [0.25, 0.3) is 0 Å². The van der Waals surface area contributed by atoms with Crippen LogP contribution in [0.1, 0.15) is 24.2 Å². The van der Waals surface area contributed by atoms with E-state index in [1.807, 2.05) is 6.07 Å². The van der Waals surface area contributed by atoms with Gasteiger partial charge in [-0.15, -0.1) is 0 Å². The molecule has 1 atom stereocenters. The van der Waals surface area contributed by atoms with Gasteiger partial charge in [0.15, 0.2) is 9.84 Å². The van der Waals surface area contributed by atoms with E-state index in [1.54, 1.807) is 48.5 Å². The molecule has 2 aromatic carbocycles. The maximum absolute atomic E-state index is 12.8. The van der Waals surface area contributed by atoms with Crippen LogP contribution in [-0.2, 0) is 14.6 Å². The molecule has 3 nitrogen and oxygen atoms in total. The summed E-state index contributed by atoms with van der Waals surface area (Å²) in [7, 11) is -3.61. The zero-order chi connectivity index (χ0) is 15.5. The van der Waals surface area contributed by atoms with Crippen molar-refractivity contribution in [3.63, 3.8) is 0 Å². The molecule has 0 fully saturated rings. The van der Waals surface area contributed by atoms with E-state index in [4.69, 9.17) is 0 Å². The third-order valence-corrected chi connectivity index (χ3v) is 5.81. The van der Waals surface area contributed by atoms with Crippen LogP contribution in [0, 0.1) is 0 Å². The van der Waals surface area contributed by atoms with E-state index in [9.17, 15) is 13.2 Å². The molecule has 5 heteroatoms. The third-order valence-electron chi connectivity index (χ3n) is 3.16. The lowest BCUT2D eigenvalue weighted by atomic mass is 10.1. The van der Waals surface area contributed by atoms with E-state index in [-0.39, 0.29) is 17.1 Å². The average molecular weight is 367 g/mol. The van der Waals surface area contributed by atoms with Gasteiger partial charge in [-0.2, -0.15) is 0 Å². The monoisotopic (exact) mass is 366 g/mol. The molecule has 0 amide bonds. The van der Waals surface area contributed by atoms with Crippen LogP contribution in [0.3, 0.4) is 0 Å². The van der Waals surface area contributed by atoms with Crippen molar-refractivity contribution in [3.05, 3.63) is 64.6 Å². The average Bonchev–Trinajstić information content (AvgIpc) is 2.46. The molecule has 2 rings (SSSR count). The molecule has 0 aliphatic rings. The Labute approximate surface area is 133 Å². The molecule has 0 aromatic heterocycles. The summed E-state index contributed by atoms with van der Waals surface area (Å²) < 4.78 is 26.4. The van der Waals surface area contributed by atoms with Crippen LogP contribution >= 0.6 is 15.9 Å². The first kappa shape index (κ1) is 15.9. The SMILES string of the molecule is CC(=O)C[C@H](c1ccccc1)S(=O)(=O)c1ccc(Br)cc1. The van der Waals surface area contributed by atoms with E-state index in [1.165, 1.54) is 6.92 Å². The van der Waals surface area contributed by atoms with Crippen molar-refractivity contribution >= 4 is 31.6 Å². The van der Waals surface area contributed by atoms with Gasteiger partial charge in [-0.05, 0) is 36.8 Å². The number of Topliss-reactive ketones (excluding diaryl/α,β-unsaturated/α-hetero) is 1. The fraction of sp³-hybridized carbons (Fsp3) is 0.188. The highest BCUT2D eigenvalue weighted by molar-refractivity contribution is 9.10. The first-order valence-corrected chi connectivity index (χ1v) is 8.79. The summed E-state index contributed by atoms with van der Waals surface area (Å²) in [5, 5.41) is -0.850. The molecule has 0 aliphatic carbocycles. The van der Waals surface area contributed by atoms with E-state index < -0.39 is 15.1 Å². The van der Waals surface area contributed by atoms with E-state index in [2.05, 4.69) is 15.9 Å². The molecule has 0 aliphatic heterocycles. The fourth-order valence-corrected chi connectivity index (χ4v) is 4.20. The molecular weight excluding hydrogens is 352 g/mol. The summed E-state index contributed by atoms with van der Waals surface area (Å²) in [6.07, 6.45) is -0.0254. The number of carbonyl (C=O) groups excluding carboxylic acids is 1. The zero-order valence-corrected chi connectivity index (χ0v) is 13.9. The van der Waals surface area contributed by atoms with Gasteiger partial charge in [-0.1, -0.05) is 46.3 Å². The summed E-state index contributed by atoms with van der Waals surface area (Å²) in [6.45, 7) is 1.41. The Balaban J connectivity index is 2.49. The summed E-state index contributed by atoms with van der Waals surface area (Å²) in [5.41, 5.74) is 0.635. The molecule has 0 saturated heterocycles. The van der Waals surface area contributed by atoms with Crippen LogP contribution < -0.4 is 0 Å². The number of ketones is 1. The second-order valence-electron chi connectivity index (χ2n) is 4.80. The molecule has 0 saturated carbocycles. The second-order valence-corrected chi connectivity index (χ2v) is 7.85. The minimum Gasteiger partial charge on any atom is -0.300 e. The Kier molecular flexibility index (Phi) is 4.96. The third kappa shape index (κ3) is 3.80. The van der Waals surface area contributed by atoms with Crippen molar-refractivity contribution in [1.82, 2.24) is 0 Å². The molecular formula is C16H15BrO3S. The molecule has 0 N–H and O–H groups in total. The zero-order valence-electron chi connectivity index (χ0n) is 11.5. The van der Waals surface area contributed by atoms with Gasteiger partial charge in [0, 0.05) is 10.9 Å². The van der Waals surface area contributed by atoms with Gasteiger partial charge < -0.3 is 0 Å². The molecule has 0 spiro atoms. The minimum absolute atomic E-state index is 0.0254. The maximum Gasteiger partial charge on any atom is 0.185 e. The normalized spacial score (nSPS) is 12.9. The van der Waals surface area contributed by atoms with Gasteiger partial charge >= 0.3 is 0 Å². The number of rotatable bonds is 5. The molecule has 0 bridgehead atoms. The summed E-state index contributed by atoms with van der Waals surface area (Å²) in [6, 6.07) is 15.3. The van der Waals surface area contributed by atoms with Crippen molar-refractivity contribution in [2.75, 3.05) is 0 Å². The van der Waals surface area contributed by atoms with Crippen LogP contribution in [0.25, 0.3) is 0 Å². The van der Waals surface area contributed by atoms with E-state index in [0.717, 1.165) is 4.47 Å². The highest BCUT2D eigenvalue weighted by Gasteiger charge is 2.30. The first-order chi connectivity index (χ1) is 9.91. The quantitative estimate of drug-likeness (QED) is 0.804. The highest BCUT2D eigenvalue weighted by Crippen LogP contribution is 2.32. The molecule has 21 heavy (non-hydrogen) atoms. The topological polar surface area (TPSA) is 51.2 Å². The fourth-order valence-electron chi connectivity index (χ4n) is 2.12. The number of halogens is 1. The Morgan fingerprint density at radius 2 is 1.62 bits per heavy atom. The standard InChI is InChI=1S/C16H15BrO3S/c1-12(18)11-16(13-5-3-2-4-6-13)21(19,20)15-9-7-14(17)8-10-15/h2-10,16H,11H2,1H3/t16-/m1/s1. The van der Waals surface area contributed by atoms with Crippen LogP contribution in [-0.4, -0.2) is 14.2 Å². The molecule has 0 unspecified atom stereocenters. The number of sulfone groups is 1. The number of hydrogen-bond acceptors (Lipinski definition) is 3. The summed E-state index contributed by atoms with van der Waals surface area (Å²) in [5.74, 6) is -0.149. The van der Waals surface area contributed by atoms with Crippen molar-refractivity contribution in [1.29, 1.82) is 0 Å². The molecule has 0 radical (unpaired) electrons. The number of benzene rings is 2. The van der Waals surface area contributed by atoms with Crippen molar-refractivity contribution in [2.45, 2.75) is 23.5 Å². The largest absolute Gasteiger partial charge is 0.300 e. The van der Waals surface area contributed by atoms with Gasteiger partial charge in [-0.3, -0.25) is 4.79 Å². The predicted octanol–water partition coefficient (Wildman–Crippen LogP) is 3.94. The second kappa shape index (κ2) is 6.54. The Hall–Kier alpha value is -1.46. The van der Waals surface area contributed by atoms with Gasteiger partial charge in [0.1, 0.15) is 5.78 Å². The minimum atomic E-state index is -3.61. The summed E-state index contributed by atoms with van der Waals surface area (Å²) >= 11 is 3.29. The van der Waals surface area contributed by atoms with Crippen molar-refractivity contribution < 1.29 is 13.2 Å². The van der Waals surface area contributed by atoms with Gasteiger partial charge in [0.05, 0.1) is 10.1 Å². The van der Waals surface area contributed by atoms with Crippen molar-refractivity contribution in [3.8, 4) is 0 Å². The Morgan fingerprint density at radius 3 is 2.14 bits per heavy atom. The lowest BCUT2D eigenvalue weighted by Crippen LogP contribution is -2.16. The summed E-state index contributed by atoms with van der Waals surface area (Å²) in [4.78, 5) is 11.7. The van der Waals surface area contributed by atoms with Crippen LogP contribution in [0.5, 0.6) is 0 Å². The van der Waals surface area contributed by atoms with E-state index >= 15 is 0 Å². The molecule has 110 valence electrons. The highest BCUT2D eigenvalue weighted by atomic mass is 79.9. The van der Waals surface area contributed by atoms with Crippen LogP contribution in [0.15, 0.2) is 64.0 Å². The molecule has 0 heterocycles. The van der Waals surface area contributed by atoms with Crippen LogP contribution in [0.2, 0.25) is 0 Å². The Morgan fingerprint density at radius 1 is 1.05 bits per heavy atom. The maximum atomic E-state index is 12.8.